The van der Waals surface area contributed by atoms with Crippen LogP contribution in [0.2, 0.25) is 0 Å². The molecule has 1 heterocycles. The van der Waals surface area contributed by atoms with Crippen molar-refractivity contribution in [2.24, 2.45) is 0 Å². The number of carbonyl (C=O) groups excluding carboxylic acids is 1. The van der Waals surface area contributed by atoms with Crippen molar-refractivity contribution in [3.63, 3.8) is 0 Å². The smallest absolute Gasteiger partial charge is 0.326 e. The molecule has 1 saturated heterocycles. The molecule has 0 bridgehead atoms. The summed E-state index contributed by atoms with van der Waals surface area (Å²) in [5, 5.41) is 11.4. The van der Waals surface area contributed by atoms with E-state index in [9.17, 15) is 9.59 Å². The molecule has 1 aliphatic heterocycles. The average molecular weight is 246 g/mol. The van der Waals surface area contributed by atoms with Crippen LogP contribution in [0.15, 0.2) is 0 Å². The van der Waals surface area contributed by atoms with Crippen LogP contribution in [0.3, 0.4) is 0 Å². The zero-order chi connectivity index (χ0) is 12.8. The van der Waals surface area contributed by atoms with Gasteiger partial charge in [-0.3, -0.25) is 0 Å². The Bertz CT molecular complexity index is 278. The van der Waals surface area contributed by atoms with E-state index in [1.807, 2.05) is 0 Å². The number of rotatable bonds is 4. The van der Waals surface area contributed by atoms with Crippen LogP contribution in [0.4, 0.5) is 4.79 Å². The van der Waals surface area contributed by atoms with Crippen molar-refractivity contribution in [2.45, 2.75) is 19.1 Å². The molecule has 17 heavy (non-hydrogen) atoms. The van der Waals surface area contributed by atoms with Crippen LogP contribution in [0.25, 0.3) is 0 Å². The topological polar surface area (TPSA) is 88.1 Å². The van der Waals surface area contributed by atoms with Gasteiger partial charge in [0.15, 0.2) is 0 Å². The number of amides is 2. The highest BCUT2D eigenvalue weighted by Crippen LogP contribution is 2.00. The van der Waals surface area contributed by atoms with Crippen molar-refractivity contribution < 1.29 is 24.2 Å². The summed E-state index contributed by atoms with van der Waals surface area (Å²) in [5.41, 5.74) is 0. The van der Waals surface area contributed by atoms with Crippen LogP contribution in [-0.4, -0.2) is 67.6 Å². The quantitative estimate of drug-likeness (QED) is 0.699. The molecule has 1 rings (SSSR count). The van der Waals surface area contributed by atoms with Crippen molar-refractivity contribution >= 4 is 12.0 Å². The van der Waals surface area contributed by atoms with E-state index in [-0.39, 0.29) is 6.10 Å². The molecule has 0 aromatic carbocycles. The number of nitrogens with one attached hydrogen (secondary N) is 1. The van der Waals surface area contributed by atoms with E-state index in [0.29, 0.717) is 26.4 Å². The van der Waals surface area contributed by atoms with Gasteiger partial charge < -0.3 is 24.8 Å². The number of carboxylic acids is 1. The van der Waals surface area contributed by atoms with Crippen molar-refractivity contribution in [3.8, 4) is 0 Å². The zero-order valence-corrected chi connectivity index (χ0v) is 10.0. The SMILES string of the molecule is CC(C(=O)O)N(C)C(=O)NCC1COCCO1. The third-order valence-corrected chi connectivity index (χ3v) is 2.62. The van der Waals surface area contributed by atoms with Crippen LogP contribution in [0.5, 0.6) is 0 Å². The molecule has 7 heteroatoms. The van der Waals surface area contributed by atoms with Gasteiger partial charge in [-0.2, -0.15) is 0 Å². The fourth-order valence-electron chi connectivity index (χ4n) is 1.32. The summed E-state index contributed by atoms with van der Waals surface area (Å²) >= 11 is 0. The number of likely N-dealkylation sites (N-methyl/N-ethyl adjacent to an activating group) is 1. The van der Waals surface area contributed by atoms with Crippen LogP contribution in [0.1, 0.15) is 6.92 Å². The molecule has 2 unspecified atom stereocenters. The second-order valence-corrected chi connectivity index (χ2v) is 3.88. The van der Waals surface area contributed by atoms with E-state index in [1.54, 1.807) is 0 Å². The van der Waals surface area contributed by atoms with Crippen molar-refractivity contribution in [1.29, 1.82) is 0 Å². The van der Waals surface area contributed by atoms with Gasteiger partial charge in [0.2, 0.25) is 0 Å². The van der Waals surface area contributed by atoms with Gasteiger partial charge in [0.25, 0.3) is 0 Å². The molecular weight excluding hydrogens is 228 g/mol. The normalized spacial score (nSPS) is 21.6. The molecule has 7 nitrogen and oxygen atoms in total. The Hall–Kier alpha value is -1.34. The minimum Gasteiger partial charge on any atom is -0.480 e. The Balaban J connectivity index is 2.30. The first-order valence-electron chi connectivity index (χ1n) is 5.45. The summed E-state index contributed by atoms with van der Waals surface area (Å²) < 4.78 is 10.5. The zero-order valence-electron chi connectivity index (χ0n) is 10.0. The van der Waals surface area contributed by atoms with Gasteiger partial charge in [-0.05, 0) is 6.92 Å². The molecule has 0 spiro atoms. The Kier molecular flexibility index (Phi) is 5.17. The van der Waals surface area contributed by atoms with E-state index in [2.05, 4.69) is 5.32 Å². The van der Waals surface area contributed by atoms with Crippen molar-refractivity contribution in [1.82, 2.24) is 10.2 Å². The summed E-state index contributed by atoms with van der Waals surface area (Å²) in [6.07, 6.45) is -0.166. The predicted octanol–water partition coefficient (Wildman–Crippen LogP) is -0.484. The maximum absolute atomic E-state index is 11.6. The maximum Gasteiger partial charge on any atom is 0.326 e. The second kappa shape index (κ2) is 6.41. The highest BCUT2D eigenvalue weighted by Gasteiger charge is 2.22. The Labute approximate surface area is 99.7 Å². The lowest BCUT2D eigenvalue weighted by Crippen LogP contribution is -2.48. The first-order chi connectivity index (χ1) is 8.02. The monoisotopic (exact) mass is 246 g/mol. The minimum atomic E-state index is -1.04. The van der Waals surface area contributed by atoms with Gasteiger partial charge in [-0.25, -0.2) is 9.59 Å². The molecule has 0 aromatic heterocycles. The first-order valence-corrected chi connectivity index (χ1v) is 5.45. The highest BCUT2D eigenvalue weighted by molar-refractivity contribution is 5.82. The molecule has 1 fully saturated rings. The standard InChI is InChI=1S/C10H18N2O5/c1-7(9(13)14)12(2)10(15)11-5-8-6-16-3-4-17-8/h7-8H,3-6H2,1-2H3,(H,11,15)(H,13,14). The van der Waals surface area contributed by atoms with Gasteiger partial charge in [-0.15, -0.1) is 0 Å². The minimum absolute atomic E-state index is 0.166. The second-order valence-electron chi connectivity index (χ2n) is 3.88. The summed E-state index contributed by atoms with van der Waals surface area (Å²) in [6, 6.07) is -1.30. The van der Waals surface area contributed by atoms with Crippen LogP contribution in [-0.2, 0) is 14.3 Å². The molecule has 0 aromatic rings. The fraction of sp³-hybridized carbons (Fsp3) is 0.800. The molecule has 0 aliphatic carbocycles. The average Bonchev–Trinajstić information content (AvgIpc) is 2.35. The number of carbonyl (C=O) groups is 2. The molecule has 0 radical (unpaired) electrons. The van der Waals surface area contributed by atoms with E-state index >= 15 is 0 Å². The molecule has 0 saturated carbocycles. The molecule has 2 N–H and O–H groups in total. The number of carboxylic acid groups (broad SMARTS) is 1. The van der Waals surface area contributed by atoms with Crippen molar-refractivity contribution in [2.75, 3.05) is 33.4 Å². The molecule has 2 atom stereocenters. The number of ether oxygens (including phenoxy) is 2. The number of nitrogens with zero attached hydrogens (tertiary/aromatic N) is 1. The molecular formula is C10H18N2O5. The number of aliphatic carboxylic acids is 1. The fourth-order valence-corrected chi connectivity index (χ4v) is 1.32. The van der Waals surface area contributed by atoms with Gasteiger partial charge >= 0.3 is 12.0 Å². The lowest BCUT2D eigenvalue weighted by molar-refractivity contribution is -0.141. The summed E-state index contributed by atoms with van der Waals surface area (Å²) in [6.45, 7) is 3.29. The maximum atomic E-state index is 11.6. The summed E-state index contributed by atoms with van der Waals surface area (Å²) in [7, 11) is 1.44. The largest absolute Gasteiger partial charge is 0.480 e. The van der Waals surface area contributed by atoms with Crippen LogP contribution in [0, 0.1) is 0 Å². The Morgan fingerprint density at radius 3 is 2.76 bits per heavy atom. The lowest BCUT2D eigenvalue weighted by Gasteiger charge is -2.26. The Morgan fingerprint density at radius 1 is 1.53 bits per heavy atom. The number of urea groups is 1. The lowest BCUT2D eigenvalue weighted by atomic mass is 10.3. The van der Waals surface area contributed by atoms with E-state index in [1.165, 1.54) is 14.0 Å². The molecule has 1 aliphatic rings. The first kappa shape index (κ1) is 13.7. The summed E-state index contributed by atoms with van der Waals surface area (Å²) in [5.74, 6) is -1.04. The van der Waals surface area contributed by atoms with Gasteiger partial charge in [0.1, 0.15) is 6.04 Å². The van der Waals surface area contributed by atoms with Gasteiger partial charge in [-0.1, -0.05) is 0 Å². The van der Waals surface area contributed by atoms with E-state index in [4.69, 9.17) is 14.6 Å². The van der Waals surface area contributed by atoms with Crippen LogP contribution < -0.4 is 5.32 Å². The van der Waals surface area contributed by atoms with Gasteiger partial charge in [0, 0.05) is 13.6 Å². The highest BCUT2D eigenvalue weighted by atomic mass is 16.6. The van der Waals surface area contributed by atoms with Gasteiger partial charge in [0.05, 0.1) is 25.9 Å². The third-order valence-electron chi connectivity index (χ3n) is 2.62. The molecule has 2 amide bonds. The van der Waals surface area contributed by atoms with E-state index < -0.39 is 18.0 Å². The summed E-state index contributed by atoms with van der Waals surface area (Å²) in [4.78, 5) is 23.4. The van der Waals surface area contributed by atoms with E-state index in [0.717, 1.165) is 4.90 Å². The number of hydrogen-bond donors (Lipinski definition) is 2. The van der Waals surface area contributed by atoms with Crippen molar-refractivity contribution in [3.05, 3.63) is 0 Å². The van der Waals surface area contributed by atoms with Crippen LogP contribution >= 0.6 is 0 Å². The Morgan fingerprint density at radius 2 is 2.24 bits per heavy atom. The molecule has 98 valence electrons. The third kappa shape index (κ3) is 4.20. The predicted molar refractivity (Wildman–Crippen MR) is 58.8 cm³/mol. The number of hydrogen-bond acceptors (Lipinski definition) is 4.